The molecule has 34 heavy (non-hydrogen) atoms. The van der Waals surface area contributed by atoms with Crippen LogP contribution >= 0.6 is 11.6 Å². The van der Waals surface area contributed by atoms with Crippen molar-refractivity contribution in [2.75, 3.05) is 26.2 Å². The second-order valence-electron chi connectivity index (χ2n) is 7.48. The number of hydrogen-bond acceptors (Lipinski definition) is 7. The summed E-state index contributed by atoms with van der Waals surface area (Å²) in [5, 5.41) is 22.4. The maximum atomic E-state index is 12.8. The monoisotopic (exact) mass is 501 g/mol. The molecule has 0 bridgehead atoms. The van der Waals surface area contributed by atoms with Crippen molar-refractivity contribution in [1.29, 1.82) is 0 Å². The molecule has 176 valence electrons. The molecular weight excluding hydrogens is 482 g/mol. The van der Waals surface area contributed by atoms with Gasteiger partial charge in [0.05, 0.1) is 0 Å². The molecule has 1 N–H and O–H groups in total. The van der Waals surface area contributed by atoms with Crippen molar-refractivity contribution in [1.82, 2.24) is 19.2 Å². The summed E-state index contributed by atoms with van der Waals surface area (Å²) in [6.45, 7) is 0.599. The fraction of sp³-hybridized carbons (Fsp3) is 0.182. The predicted octanol–water partition coefficient (Wildman–Crippen LogP) is 1.89. The first-order chi connectivity index (χ1) is 16.2. The molecule has 0 atom stereocenters. The molecule has 10 nitrogen and oxygen atoms in total. The van der Waals surface area contributed by atoms with E-state index in [-0.39, 0.29) is 37.8 Å². The van der Waals surface area contributed by atoms with Gasteiger partial charge in [-0.1, -0.05) is 11.6 Å². The number of halogens is 1. The van der Waals surface area contributed by atoms with Crippen molar-refractivity contribution in [3.63, 3.8) is 0 Å². The van der Waals surface area contributed by atoms with Gasteiger partial charge in [-0.2, -0.15) is 9.04 Å². The van der Waals surface area contributed by atoms with Crippen molar-refractivity contribution in [2.45, 2.75) is 0 Å². The molecule has 12 heteroatoms. The maximum absolute atomic E-state index is 12.8. The minimum Gasteiger partial charge on any atom is -0.619 e. The normalized spacial score (nSPS) is 15.0. The topological polar surface area (TPSA) is 131 Å². The van der Waals surface area contributed by atoms with Crippen molar-refractivity contribution in [3.8, 4) is 16.9 Å². The van der Waals surface area contributed by atoms with Gasteiger partial charge in [-0.15, -0.1) is 0 Å². The second-order valence-corrected chi connectivity index (χ2v) is 9.74. The summed E-state index contributed by atoms with van der Waals surface area (Å²) in [6, 6.07) is 7.64. The molecular formula is C22H20ClN5O5S. The Hall–Kier alpha value is -3.54. The van der Waals surface area contributed by atoms with E-state index in [4.69, 9.17) is 11.6 Å². The van der Waals surface area contributed by atoms with E-state index >= 15 is 0 Å². The molecule has 1 saturated heterocycles. The van der Waals surface area contributed by atoms with E-state index in [1.165, 1.54) is 52.2 Å². The minimum absolute atomic E-state index is 0.00739. The largest absolute Gasteiger partial charge is 0.619 e. The third-order valence-electron chi connectivity index (χ3n) is 5.28. The number of nitrogens with zero attached hydrogens (tertiary/aromatic N) is 5. The average molecular weight is 502 g/mol. The number of carbonyl (C=O) groups is 1. The fourth-order valence-corrected chi connectivity index (χ4v) is 4.71. The highest BCUT2D eigenvalue weighted by Crippen LogP contribution is 2.24. The Morgan fingerprint density at radius 1 is 1.06 bits per heavy atom. The lowest BCUT2D eigenvalue weighted by Crippen LogP contribution is -2.50. The van der Waals surface area contributed by atoms with Gasteiger partial charge in [0, 0.05) is 72.3 Å². The fourth-order valence-electron chi connectivity index (χ4n) is 3.38. The van der Waals surface area contributed by atoms with E-state index in [1.807, 2.05) is 0 Å². The van der Waals surface area contributed by atoms with Gasteiger partial charge < -0.3 is 15.2 Å². The Balaban J connectivity index is 1.37. The quantitative estimate of drug-likeness (QED) is 0.417. The Kier molecular flexibility index (Phi) is 6.77. The van der Waals surface area contributed by atoms with Crippen molar-refractivity contribution in [3.05, 3.63) is 82.1 Å². The Morgan fingerprint density at radius 3 is 2.32 bits per heavy atom. The molecule has 1 fully saturated rings. The molecule has 3 heterocycles. The van der Waals surface area contributed by atoms with E-state index in [0.29, 0.717) is 20.9 Å². The van der Waals surface area contributed by atoms with Crippen LogP contribution in [0.3, 0.4) is 0 Å². The van der Waals surface area contributed by atoms with Crippen LogP contribution in [0.25, 0.3) is 17.2 Å². The summed E-state index contributed by atoms with van der Waals surface area (Å²) in [5.41, 5.74) is 1.72. The number of carbonyl (C=O) groups excluding carboxylic acids is 1. The molecule has 1 aliphatic heterocycles. The highest BCUT2D eigenvalue weighted by atomic mass is 35.5. The van der Waals surface area contributed by atoms with Gasteiger partial charge in [0.25, 0.3) is 5.91 Å². The summed E-state index contributed by atoms with van der Waals surface area (Å²) in [4.78, 5) is 22.5. The van der Waals surface area contributed by atoms with Crippen molar-refractivity contribution < 1.29 is 23.0 Å². The van der Waals surface area contributed by atoms with Gasteiger partial charge >= 0.3 is 0 Å². The molecule has 1 aliphatic rings. The van der Waals surface area contributed by atoms with Crippen LogP contribution < -0.4 is 4.73 Å². The number of pyridine rings is 1. The van der Waals surface area contributed by atoms with E-state index < -0.39 is 15.9 Å². The summed E-state index contributed by atoms with van der Waals surface area (Å²) in [6.07, 6.45) is 7.02. The third kappa shape index (κ3) is 5.33. The summed E-state index contributed by atoms with van der Waals surface area (Å²) in [5.74, 6) is -0.509. The maximum Gasteiger partial charge on any atom is 0.291 e. The number of rotatable bonds is 5. The molecule has 1 aromatic carbocycles. The summed E-state index contributed by atoms with van der Waals surface area (Å²) in [7, 11) is -3.75. The number of hydrogen-bond donors (Lipinski definition) is 1. The second kappa shape index (κ2) is 9.75. The van der Waals surface area contributed by atoms with Crippen LogP contribution in [0.4, 0.5) is 0 Å². The van der Waals surface area contributed by atoms with Crippen LogP contribution in [0.15, 0.2) is 60.5 Å². The van der Waals surface area contributed by atoms with Crippen LogP contribution in [-0.4, -0.2) is 64.8 Å². The van der Waals surface area contributed by atoms with Crippen LogP contribution in [0.2, 0.25) is 5.02 Å². The molecule has 3 aromatic rings. The van der Waals surface area contributed by atoms with Crippen molar-refractivity contribution in [2.24, 2.45) is 0 Å². The molecule has 0 aliphatic carbocycles. The van der Waals surface area contributed by atoms with Crippen LogP contribution in [0, 0.1) is 5.21 Å². The zero-order valence-corrected chi connectivity index (χ0v) is 19.4. The number of phenols is 1. The lowest BCUT2D eigenvalue weighted by Gasteiger charge is -2.32. The summed E-state index contributed by atoms with van der Waals surface area (Å²) >= 11 is 5.79. The number of sulfonamides is 1. The number of aromatic nitrogens is 3. The molecule has 4 rings (SSSR count). The summed E-state index contributed by atoms with van der Waals surface area (Å²) < 4.78 is 27.3. The zero-order valence-electron chi connectivity index (χ0n) is 17.8. The van der Waals surface area contributed by atoms with Gasteiger partial charge in [0.1, 0.15) is 5.75 Å². The van der Waals surface area contributed by atoms with Gasteiger partial charge in [-0.3, -0.25) is 4.79 Å². The minimum atomic E-state index is -3.75. The van der Waals surface area contributed by atoms with Gasteiger partial charge in [0.15, 0.2) is 12.4 Å². The molecule has 0 unspecified atom stereocenters. The lowest BCUT2D eigenvalue weighted by molar-refractivity contribution is -0.605. The number of benzene rings is 1. The molecule has 1 amide bonds. The molecule has 0 saturated carbocycles. The van der Waals surface area contributed by atoms with E-state index in [0.717, 1.165) is 11.0 Å². The highest BCUT2D eigenvalue weighted by molar-refractivity contribution is 7.92. The Morgan fingerprint density at radius 2 is 1.71 bits per heavy atom. The number of phenolic OH excluding ortho intramolecular Hbond substituents is 1. The number of aromatic hydroxyl groups is 1. The SMILES string of the molecule is O=C(c1ncc(-c2cc[n+]([O-])cc2)cn1)N1CCN(S(=O)(=O)/C=C/c2ccc(Cl)cc2O)CC1. The first kappa shape index (κ1) is 23.6. The number of amides is 1. The molecule has 0 radical (unpaired) electrons. The molecule has 2 aromatic heterocycles. The third-order valence-corrected chi connectivity index (χ3v) is 7.08. The standard InChI is InChI=1S/C22H20ClN5O5S/c23-19-2-1-17(20(29)13-19)5-12-34(32,33)28-10-8-26(9-11-28)22(30)21-24-14-18(15-25-21)16-3-6-27(31)7-4-16/h1-7,12-15,29H,8-11H2/b12-5+. The predicted molar refractivity (Wildman–Crippen MR) is 125 cm³/mol. The van der Waals surface area contributed by atoms with E-state index in [2.05, 4.69) is 9.97 Å². The van der Waals surface area contributed by atoms with Crippen LogP contribution in [0.5, 0.6) is 5.75 Å². The van der Waals surface area contributed by atoms with Gasteiger partial charge in [-0.05, 0) is 29.8 Å². The zero-order chi connectivity index (χ0) is 24.3. The van der Waals surface area contributed by atoms with Gasteiger partial charge in [-0.25, -0.2) is 18.4 Å². The highest BCUT2D eigenvalue weighted by Gasteiger charge is 2.29. The van der Waals surface area contributed by atoms with E-state index in [9.17, 15) is 23.5 Å². The average Bonchev–Trinajstić information content (AvgIpc) is 2.84. The van der Waals surface area contributed by atoms with Crippen LogP contribution in [-0.2, 0) is 10.0 Å². The van der Waals surface area contributed by atoms with Crippen LogP contribution in [0.1, 0.15) is 16.2 Å². The van der Waals surface area contributed by atoms with Gasteiger partial charge in [0.2, 0.25) is 15.8 Å². The number of piperazine rings is 1. The van der Waals surface area contributed by atoms with Crippen molar-refractivity contribution >= 4 is 33.6 Å². The lowest BCUT2D eigenvalue weighted by atomic mass is 10.1. The first-order valence-electron chi connectivity index (χ1n) is 10.2. The Bertz CT molecular complexity index is 1320. The Labute approximate surface area is 201 Å². The smallest absolute Gasteiger partial charge is 0.291 e. The van der Waals surface area contributed by atoms with E-state index in [1.54, 1.807) is 18.2 Å². The molecule has 0 spiro atoms. The first-order valence-corrected chi connectivity index (χ1v) is 12.1.